The highest BCUT2D eigenvalue weighted by atomic mass is 16.8. The summed E-state index contributed by atoms with van der Waals surface area (Å²) < 4.78 is 15.3. The predicted molar refractivity (Wildman–Crippen MR) is 68.6 cm³/mol. The molecule has 2 aliphatic rings. The molecule has 2 aliphatic heterocycles. The van der Waals surface area contributed by atoms with E-state index in [4.69, 9.17) is 19.3 Å². The molecular weight excluding hydrogens is 321 g/mol. The van der Waals surface area contributed by atoms with Gasteiger partial charge in [0.1, 0.15) is 48.8 Å². The Balaban J connectivity index is 2.11. The molecular formula is C12H22O11. The number of hydrogen-bond acceptors (Lipinski definition) is 11. The van der Waals surface area contributed by atoms with Crippen molar-refractivity contribution in [3.05, 3.63) is 0 Å². The van der Waals surface area contributed by atoms with E-state index in [9.17, 15) is 35.7 Å². The lowest BCUT2D eigenvalue weighted by molar-refractivity contribution is -0.355. The van der Waals surface area contributed by atoms with E-state index in [-0.39, 0.29) is 0 Å². The molecule has 11 nitrogen and oxygen atoms in total. The maximum atomic E-state index is 9.94. The lowest BCUT2D eigenvalue weighted by atomic mass is 9.98. The van der Waals surface area contributed by atoms with Crippen LogP contribution < -0.4 is 0 Å². The molecule has 136 valence electrons. The lowest BCUT2D eigenvalue weighted by Gasteiger charge is -2.45. The van der Waals surface area contributed by atoms with E-state index in [0.717, 1.165) is 0 Å². The summed E-state index contributed by atoms with van der Waals surface area (Å²) in [6.07, 6.45) is -15.6. The molecule has 23 heavy (non-hydrogen) atoms. The van der Waals surface area contributed by atoms with Crippen LogP contribution in [0.15, 0.2) is 0 Å². The zero-order valence-corrected chi connectivity index (χ0v) is 12.0. The Kier molecular flexibility index (Phi) is 6.27. The number of aliphatic hydroxyl groups is 8. The van der Waals surface area contributed by atoms with Gasteiger partial charge in [-0.15, -0.1) is 0 Å². The fourth-order valence-electron chi connectivity index (χ4n) is 2.57. The summed E-state index contributed by atoms with van der Waals surface area (Å²) in [6, 6.07) is 0. The van der Waals surface area contributed by atoms with E-state index >= 15 is 0 Å². The van der Waals surface area contributed by atoms with Crippen LogP contribution >= 0.6 is 0 Å². The Bertz CT molecular complexity index is 378. The summed E-state index contributed by atoms with van der Waals surface area (Å²) in [6.45, 7) is -1.35. The highest BCUT2D eigenvalue weighted by Crippen LogP contribution is 2.28. The maximum Gasteiger partial charge on any atom is 0.187 e. The Morgan fingerprint density at radius 3 is 1.83 bits per heavy atom. The van der Waals surface area contributed by atoms with E-state index in [0.29, 0.717) is 0 Å². The summed E-state index contributed by atoms with van der Waals surface area (Å²) in [5, 5.41) is 76.5. The zero-order chi connectivity index (χ0) is 17.3. The molecule has 10 atom stereocenters. The Morgan fingerprint density at radius 2 is 1.26 bits per heavy atom. The van der Waals surface area contributed by atoms with Gasteiger partial charge in [0.25, 0.3) is 0 Å². The van der Waals surface area contributed by atoms with Crippen LogP contribution in [0.1, 0.15) is 0 Å². The number of rotatable bonds is 4. The highest BCUT2D eigenvalue weighted by molar-refractivity contribution is 4.93. The average molecular weight is 343 g/mol. The Labute approximate surface area is 130 Å². The minimum Gasteiger partial charge on any atom is -0.394 e. The molecule has 0 saturated carbocycles. The molecule has 0 aliphatic carbocycles. The molecule has 2 heterocycles. The van der Waals surface area contributed by atoms with Gasteiger partial charge in [0.15, 0.2) is 12.6 Å². The van der Waals surface area contributed by atoms with E-state index in [1.165, 1.54) is 0 Å². The van der Waals surface area contributed by atoms with Crippen molar-refractivity contribution in [1.82, 2.24) is 0 Å². The molecule has 2 saturated heterocycles. The van der Waals surface area contributed by atoms with Crippen molar-refractivity contribution in [2.45, 2.75) is 61.4 Å². The van der Waals surface area contributed by atoms with Crippen LogP contribution in [0.3, 0.4) is 0 Å². The van der Waals surface area contributed by atoms with E-state index in [2.05, 4.69) is 0 Å². The third-order valence-corrected chi connectivity index (χ3v) is 3.98. The number of ether oxygens (including phenoxy) is 3. The van der Waals surface area contributed by atoms with Crippen molar-refractivity contribution in [3.63, 3.8) is 0 Å². The van der Waals surface area contributed by atoms with Crippen LogP contribution in [0.2, 0.25) is 0 Å². The van der Waals surface area contributed by atoms with Gasteiger partial charge in [-0.3, -0.25) is 0 Å². The molecule has 11 heteroatoms. The molecule has 2 rings (SSSR count). The molecule has 0 radical (unpaired) electrons. The standard InChI is InChI=1S/C12H22O11/c13-1-3-5(15)6(16)9(19)12(22-3)23-10-4(2-14)21-11(20)8(18)7(10)17/h3-20H,1-2H2/t3-,4-,5-,6+,7-,8-,9-,10-,11?,12-/m1/s1/i11+1. The summed E-state index contributed by atoms with van der Waals surface area (Å²) in [5.41, 5.74) is 0. The monoisotopic (exact) mass is 343 g/mol. The fraction of sp³-hybridized carbons (Fsp3) is 1.00. The molecule has 0 aromatic heterocycles. The molecule has 0 bridgehead atoms. The minimum atomic E-state index is -1.74. The largest absolute Gasteiger partial charge is 0.394 e. The quantitative estimate of drug-likeness (QED) is 0.227. The Morgan fingerprint density at radius 1 is 0.652 bits per heavy atom. The van der Waals surface area contributed by atoms with Gasteiger partial charge in [-0.2, -0.15) is 0 Å². The van der Waals surface area contributed by atoms with E-state index in [1.807, 2.05) is 0 Å². The smallest absolute Gasteiger partial charge is 0.187 e. The van der Waals surface area contributed by atoms with Gasteiger partial charge < -0.3 is 55.1 Å². The summed E-state index contributed by atoms with van der Waals surface area (Å²) in [4.78, 5) is 0. The van der Waals surface area contributed by atoms with Gasteiger partial charge in [0.2, 0.25) is 0 Å². The van der Waals surface area contributed by atoms with Gasteiger partial charge in [0.05, 0.1) is 13.2 Å². The number of hydrogen-bond donors (Lipinski definition) is 8. The Hall–Kier alpha value is -0.440. The van der Waals surface area contributed by atoms with Crippen molar-refractivity contribution in [2.75, 3.05) is 13.2 Å². The first-order valence-corrected chi connectivity index (χ1v) is 7.08. The second-order valence-electron chi connectivity index (χ2n) is 5.53. The maximum absolute atomic E-state index is 9.94. The number of aliphatic hydroxyl groups excluding tert-OH is 8. The van der Waals surface area contributed by atoms with E-state index in [1.54, 1.807) is 0 Å². The minimum absolute atomic E-state index is 0.667. The topological polar surface area (TPSA) is 190 Å². The first kappa shape index (κ1) is 18.9. The molecule has 0 spiro atoms. The zero-order valence-electron chi connectivity index (χ0n) is 12.0. The predicted octanol–water partition coefficient (Wildman–Crippen LogP) is -5.40. The average Bonchev–Trinajstić information content (AvgIpc) is 2.55. The molecule has 0 aromatic rings. The van der Waals surface area contributed by atoms with Crippen molar-refractivity contribution in [1.29, 1.82) is 0 Å². The van der Waals surface area contributed by atoms with Crippen molar-refractivity contribution >= 4 is 0 Å². The SMILES string of the molecule is OC[C@H]1O[C@H](O[C@H]2[C@H](O)[C@@H](O)[13CH](O)O[C@@H]2CO)[C@H](O)[C@@H](O)[C@@H]1O. The van der Waals surface area contributed by atoms with Gasteiger partial charge >= 0.3 is 0 Å². The highest BCUT2D eigenvalue weighted by Gasteiger charge is 2.50. The van der Waals surface area contributed by atoms with Gasteiger partial charge in [-0.25, -0.2) is 0 Å². The normalized spacial score (nSPS) is 51.7. The fourth-order valence-corrected chi connectivity index (χ4v) is 2.57. The third kappa shape index (κ3) is 3.65. The third-order valence-electron chi connectivity index (χ3n) is 3.98. The van der Waals surface area contributed by atoms with E-state index < -0.39 is 74.6 Å². The second kappa shape index (κ2) is 7.63. The second-order valence-corrected chi connectivity index (χ2v) is 5.53. The van der Waals surface area contributed by atoms with Crippen molar-refractivity contribution in [2.24, 2.45) is 0 Å². The van der Waals surface area contributed by atoms with Crippen LogP contribution in [-0.2, 0) is 14.2 Å². The summed E-state index contributed by atoms with van der Waals surface area (Å²) >= 11 is 0. The lowest BCUT2D eigenvalue weighted by Crippen LogP contribution is -2.64. The first-order chi connectivity index (χ1) is 10.8. The molecule has 0 aromatic carbocycles. The van der Waals surface area contributed by atoms with Crippen LogP contribution in [0.4, 0.5) is 0 Å². The van der Waals surface area contributed by atoms with Gasteiger partial charge in [0, 0.05) is 0 Å². The van der Waals surface area contributed by atoms with Crippen LogP contribution in [0.5, 0.6) is 0 Å². The summed E-state index contributed by atoms with van der Waals surface area (Å²) in [7, 11) is 0. The summed E-state index contributed by atoms with van der Waals surface area (Å²) in [5.74, 6) is 0. The molecule has 1 unspecified atom stereocenters. The molecule has 2 fully saturated rings. The molecule has 0 amide bonds. The van der Waals surface area contributed by atoms with Crippen LogP contribution in [-0.4, -0.2) is 115 Å². The van der Waals surface area contributed by atoms with Gasteiger partial charge in [-0.05, 0) is 0 Å². The molecule has 8 N–H and O–H groups in total. The van der Waals surface area contributed by atoms with Gasteiger partial charge in [-0.1, -0.05) is 0 Å². The van der Waals surface area contributed by atoms with Crippen molar-refractivity contribution in [3.8, 4) is 0 Å². The van der Waals surface area contributed by atoms with Crippen LogP contribution in [0.25, 0.3) is 0 Å². The van der Waals surface area contributed by atoms with Crippen molar-refractivity contribution < 1.29 is 55.1 Å². The first-order valence-electron chi connectivity index (χ1n) is 7.08. The van der Waals surface area contributed by atoms with Crippen LogP contribution in [0, 0.1) is 0 Å².